The first-order valence-corrected chi connectivity index (χ1v) is 6.97. The summed E-state index contributed by atoms with van der Waals surface area (Å²) >= 11 is 0. The first-order valence-electron chi connectivity index (χ1n) is 6.97. The summed E-state index contributed by atoms with van der Waals surface area (Å²) in [5.74, 6) is 0.580. The smallest absolute Gasteiger partial charge is 0.315 e. The molecule has 3 heteroatoms. The van der Waals surface area contributed by atoms with Gasteiger partial charge in [-0.25, -0.2) is 0 Å². The number of rotatable bonds is 0. The first kappa shape index (κ1) is 11.0. The van der Waals surface area contributed by atoms with Crippen LogP contribution in [0, 0.1) is 34.0 Å². The zero-order valence-corrected chi connectivity index (χ0v) is 11.1. The zero-order valence-electron chi connectivity index (χ0n) is 11.1. The van der Waals surface area contributed by atoms with E-state index >= 15 is 0 Å². The van der Waals surface area contributed by atoms with Crippen molar-refractivity contribution in [1.29, 1.82) is 0 Å². The number of hydrogen-bond acceptors (Lipinski definition) is 3. The Morgan fingerprint density at radius 3 is 2.83 bits per heavy atom. The lowest BCUT2D eigenvalue weighted by atomic mass is 9.40. The van der Waals surface area contributed by atoms with E-state index in [0.29, 0.717) is 5.92 Å². The van der Waals surface area contributed by atoms with Crippen molar-refractivity contribution in [2.45, 2.75) is 39.9 Å². The Bertz CT molecular complexity index is 484. The van der Waals surface area contributed by atoms with E-state index in [1.165, 1.54) is 0 Å². The molecule has 4 bridgehead atoms. The van der Waals surface area contributed by atoms with E-state index in [1.807, 2.05) is 0 Å². The zero-order chi connectivity index (χ0) is 12.9. The second-order valence-corrected chi connectivity index (χ2v) is 7.14. The second-order valence-electron chi connectivity index (χ2n) is 7.14. The highest BCUT2D eigenvalue weighted by atomic mass is 16.6. The molecule has 1 aliphatic heterocycles. The number of hydrogen-bond donors (Lipinski definition) is 1. The summed E-state index contributed by atoms with van der Waals surface area (Å²) in [6.45, 7) is 6.79. The maximum atomic E-state index is 12.4. The summed E-state index contributed by atoms with van der Waals surface area (Å²) in [7, 11) is 0. The van der Waals surface area contributed by atoms with Gasteiger partial charge in [0.15, 0.2) is 0 Å². The molecule has 5 unspecified atom stereocenters. The highest BCUT2D eigenvalue weighted by molar-refractivity contribution is 5.83. The first-order chi connectivity index (χ1) is 8.38. The van der Waals surface area contributed by atoms with Crippen molar-refractivity contribution >= 4 is 5.97 Å². The van der Waals surface area contributed by atoms with E-state index < -0.39 is 11.7 Å². The number of carbonyl (C=O) groups is 1. The van der Waals surface area contributed by atoms with E-state index in [0.717, 1.165) is 12.8 Å². The van der Waals surface area contributed by atoms with Gasteiger partial charge in [0.25, 0.3) is 0 Å². The Hall–Kier alpha value is -0.830. The van der Waals surface area contributed by atoms with Crippen LogP contribution < -0.4 is 0 Å². The van der Waals surface area contributed by atoms with Crippen molar-refractivity contribution in [1.82, 2.24) is 0 Å². The molecule has 5 rings (SSSR count). The quantitative estimate of drug-likeness (QED) is 0.527. The van der Waals surface area contributed by atoms with Gasteiger partial charge in [-0.2, -0.15) is 0 Å². The second kappa shape index (κ2) is 2.69. The van der Waals surface area contributed by atoms with Crippen LogP contribution in [0.5, 0.6) is 0 Å². The molecule has 1 saturated heterocycles. The van der Waals surface area contributed by atoms with E-state index in [9.17, 15) is 9.90 Å². The lowest BCUT2D eigenvalue weighted by Gasteiger charge is -2.61. The normalized spacial score (nSPS) is 64.1. The summed E-state index contributed by atoms with van der Waals surface area (Å²) in [4.78, 5) is 12.4. The van der Waals surface area contributed by atoms with Crippen molar-refractivity contribution in [3.8, 4) is 0 Å². The van der Waals surface area contributed by atoms with Gasteiger partial charge in [-0.15, -0.1) is 0 Å². The predicted molar refractivity (Wildman–Crippen MR) is 65.3 cm³/mol. The van der Waals surface area contributed by atoms with E-state index in [1.54, 1.807) is 0 Å². The molecule has 1 spiro atoms. The topological polar surface area (TPSA) is 46.5 Å². The lowest BCUT2D eigenvalue weighted by molar-refractivity contribution is -0.162. The third-order valence-corrected chi connectivity index (χ3v) is 7.27. The maximum Gasteiger partial charge on any atom is 0.315 e. The molecular weight excluding hydrogens is 228 g/mol. The fourth-order valence-electron chi connectivity index (χ4n) is 5.86. The summed E-state index contributed by atoms with van der Waals surface area (Å²) in [5.41, 5.74) is -0.466. The summed E-state index contributed by atoms with van der Waals surface area (Å²) in [5, 5.41) is 10.2. The molecule has 0 aromatic carbocycles. The van der Waals surface area contributed by atoms with E-state index in [-0.39, 0.29) is 28.6 Å². The van der Waals surface area contributed by atoms with E-state index in [2.05, 4.69) is 32.9 Å². The Labute approximate surface area is 107 Å². The Morgan fingerprint density at radius 1 is 1.39 bits per heavy atom. The molecule has 4 aliphatic carbocycles. The summed E-state index contributed by atoms with van der Waals surface area (Å²) < 4.78 is 5.25. The lowest BCUT2D eigenvalue weighted by Crippen LogP contribution is -2.61. The molecule has 98 valence electrons. The van der Waals surface area contributed by atoms with Crippen molar-refractivity contribution < 1.29 is 14.6 Å². The van der Waals surface area contributed by atoms with Gasteiger partial charge in [0.1, 0.15) is 0 Å². The highest BCUT2D eigenvalue weighted by Gasteiger charge is 2.80. The highest BCUT2D eigenvalue weighted by Crippen LogP contribution is 2.79. The number of aliphatic hydroxyl groups excluding tert-OH is 1. The fourth-order valence-corrected chi connectivity index (χ4v) is 5.86. The van der Waals surface area contributed by atoms with E-state index in [4.69, 9.17) is 4.74 Å². The predicted octanol–water partition coefficient (Wildman–Crippen LogP) is 2.11. The van der Waals surface area contributed by atoms with Crippen molar-refractivity contribution in [2.24, 2.45) is 34.0 Å². The Kier molecular flexibility index (Phi) is 1.65. The molecule has 1 N–H and O–H groups in total. The third-order valence-electron chi connectivity index (χ3n) is 7.27. The number of aliphatic hydroxyl groups is 1. The molecular formula is C15H20O3. The molecule has 18 heavy (non-hydrogen) atoms. The number of esters is 1. The SMILES string of the molecule is CC1C2C=CC3(C)C1(C)CCC31C(=O)O[C@H](O)[C@@H]21. The largest absolute Gasteiger partial charge is 0.435 e. The minimum atomic E-state index is -0.906. The van der Waals surface area contributed by atoms with Crippen LogP contribution in [0.1, 0.15) is 33.6 Å². The van der Waals surface area contributed by atoms with Gasteiger partial charge in [0.2, 0.25) is 6.29 Å². The average Bonchev–Trinajstić information content (AvgIpc) is 2.69. The fraction of sp³-hybridized carbons (Fsp3) is 0.800. The van der Waals surface area contributed by atoms with Crippen LogP contribution in [-0.2, 0) is 9.53 Å². The van der Waals surface area contributed by atoms with Gasteiger partial charge < -0.3 is 9.84 Å². The molecule has 7 atom stereocenters. The van der Waals surface area contributed by atoms with Gasteiger partial charge in [-0.1, -0.05) is 32.9 Å². The van der Waals surface area contributed by atoms with Crippen LogP contribution in [0.15, 0.2) is 12.2 Å². The van der Waals surface area contributed by atoms with Gasteiger partial charge >= 0.3 is 5.97 Å². The van der Waals surface area contributed by atoms with Crippen molar-refractivity contribution in [3.63, 3.8) is 0 Å². The molecule has 3 fully saturated rings. The van der Waals surface area contributed by atoms with Crippen LogP contribution in [0.4, 0.5) is 0 Å². The Balaban J connectivity index is 2.04. The molecule has 3 nitrogen and oxygen atoms in total. The molecule has 0 radical (unpaired) electrons. The molecule has 0 aromatic rings. The minimum absolute atomic E-state index is 0.0365. The maximum absolute atomic E-state index is 12.4. The van der Waals surface area contributed by atoms with Crippen molar-refractivity contribution in [2.75, 3.05) is 0 Å². The molecule has 5 aliphatic rings. The van der Waals surface area contributed by atoms with Crippen LogP contribution >= 0.6 is 0 Å². The van der Waals surface area contributed by atoms with Gasteiger partial charge in [-0.05, 0) is 30.1 Å². The van der Waals surface area contributed by atoms with Crippen LogP contribution in [-0.4, -0.2) is 17.4 Å². The minimum Gasteiger partial charge on any atom is -0.435 e. The summed E-state index contributed by atoms with van der Waals surface area (Å²) in [6.07, 6.45) is 5.50. The van der Waals surface area contributed by atoms with Crippen LogP contribution in [0.3, 0.4) is 0 Å². The number of carbonyl (C=O) groups excluding carboxylic acids is 1. The van der Waals surface area contributed by atoms with Crippen molar-refractivity contribution in [3.05, 3.63) is 12.2 Å². The van der Waals surface area contributed by atoms with Crippen LogP contribution in [0.2, 0.25) is 0 Å². The molecule has 0 aromatic heterocycles. The van der Waals surface area contributed by atoms with Crippen LogP contribution in [0.25, 0.3) is 0 Å². The van der Waals surface area contributed by atoms with Gasteiger partial charge in [-0.3, -0.25) is 4.79 Å². The number of allylic oxidation sites excluding steroid dienone is 2. The Morgan fingerprint density at radius 2 is 2.11 bits per heavy atom. The monoisotopic (exact) mass is 248 g/mol. The molecule has 2 saturated carbocycles. The van der Waals surface area contributed by atoms with Gasteiger partial charge in [0.05, 0.1) is 5.41 Å². The average molecular weight is 248 g/mol. The number of ether oxygens (including phenoxy) is 1. The molecule has 1 heterocycles. The standard InChI is InChI=1S/C15H20O3/c1-8-9-4-5-14(3)13(8,2)6-7-15(14)10(9)11(16)18-12(15)17/h4-5,8-11,16H,6-7H2,1-3H3/t8?,9?,10-,11+,13?,14?,15?/m1/s1. The summed E-state index contributed by atoms with van der Waals surface area (Å²) in [6, 6.07) is 0. The molecule has 0 amide bonds. The van der Waals surface area contributed by atoms with Gasteiger partial charge in [0, 0.05) is 11.3 Å². The third kappa shape index (κ3) is 0.740. The number of cyclic esters (lactones) is 1.